The van der Waals surface area contributed by atoms with Crippen LogP contribution in [0.2, 0.25) is 0 Å². The van der Waals surface area contributed by atoms with Gasteiger partial charge in [0.1, 0.15) is 6.61 Å². The summed E-state index contributed by atoms with van der Waals surface area (Å²) in [7, 11) is 1.67. The van der Waals surface area contributed by atoms with Crippen LogP contribution in [0, 0.1) is 47.5 Å². The zero-order chi connectivity index (χ0) is 60.3. The second kappa shape index (κ2) is 34.4. The van der Waals surface area contributed by atoms with E-state index in [1.54, 1.807) is 41.1 Å². The van der Waals surface area contributed by atoms with E-state index >= 15 is 0 Å². The average molecular weight is 1200 g/mol. The molecule has 0 aliphatic carbocycles. The summed E-state index contributed by atoms with van der Waals surface area (Å²) < 4.78 is 30.1. The number of anilines is 3. The summed E-state index contributed by atoms with van der Waals surface area (Å²) in [6.07, 6.45) is 7.96. The second-order valence-electron chi connectivity index (χ2n) is 20.5. The number of carbonyl (C=O) groups is 1. The lowest BCUT2D eigenvalue weighted by Crippen LogP contribution is -2.23. The number of esters is 1. The average Bonchev–Trinajstić information content (AvgIpc) is 3.45. The molecule has 9 rings (SSSR count). The van der Waals surface area contributed by atoms with Crippen LogP contribution in [0.25, 0.3) is 30.6 Å². The molecule has 0 unspecified atom stereocenters. The van der Waals surface area contributed by atoms with E-state index in [4.69, 9.17) is 53.9 Å². The molecule has 446 valence electrons. The minimum Gasteiger partial charge on any atom is -0.460 e. The van der Waals surface area contributed by atoms with Gasteiger partial charge < -0.3 is 23.7 Å². The quantitative estimate of drug-likeness (QED) is 0.0151. The van der Waals surface area contributed by atoms with Gasteiger partial charge in [-0.2, -0.15) is 15.3 Å². The van der Waals surface area contributed by atoms with Crippen LogP contribution in [0.1, 0.15) is 70.3 Å². The first-order valence-corrected chi connectivity index (χ1v) is 31.0. The van der Waals surface area contributed by atoms with Gasteiger partial charge in [0.05, 0.1) is 109 Å². The lowest BCUT2D eigenvalue weighted by atomic mass is 10.1. The highest BCUT2D eigenvalue weighted by Gasteiger charge is 2.15. The summed E-state index contributed by atoms with van der Waals surface area (Å²) in [5, 5.41) is 22.7. The molecule has 9 aromatic rings. The van der Waals surface area contributed by atoms with Gasteiger partial charge >= 0.3 is 5.97 Å². The smallest absolute Gasteiger partial charge is 0.330 e. The lowest BCUT2D eigenvalue weighted by Gasteiger charge is -2.17. The number of ether oxygens (including phenoxy) is 5. The van der Waals surface area contributed by atoms with Crippen molar-refractivity contribution in [2.75, 3.05) is 94.6 Å². The fourth-order valence-electron chi connectivity index (χ4n) is 8.12. The van der Waals surface area contributed by atoms with E-state index in [0.717, 1.165) is 77.1 Å². The van der Waals surface area contributed by atoms with Gasteiger partial charge in [0.2, 0.25) is 15.4 Å². The Morgan fingerprint density at radius 2 is 0.847 bits per heavy atom. The first-order chi connectivity index (χ1) is 41.3. The van der Waals surface area contributed by atoms with E-state index in [0.29, 0.717) is 65.3 Å². The van der Waals surface area contributed by atoms with Crippen molar-refractivity contribution in [3.8, 4) is 0 Å². The van der Waals surface area contributed by atoms with Crippen LogP contribution in [-0.2, 0) is 28.5 Å². The Morgan fingerprint density at radius 1 is 0.494 bits per heavy atom. The van der Waals surface area contributed by atoms with Crippen molar-refractivity contribution in [1.29, 1.82) is 0 Å². The molecule has 0 aliphatic heterocycles. The number of rotatable bonds is 28. The molecule has 15 nitrogen and oxygen atoms in total. The van der Waals surface area contributed by atoms with Gasteiger partial charge in [0, 0.05) is 19.7 Å². The topological polar surface area (TPSA) is 149 Å². The Morgan fingerprint density at radius 3 is 1.21 bits per heavy atom. The summed E-state index contributed by atoms with van der Waals surface area (Å²) >= 11 is 4.94. The summed E-state index contributed by atoms with van der Waals surface area (Å²) in [6, 6.07) is 43.6. The van der Waals surface area contributed by atoms with Crippen LogP contribution >= 0.6 is 34.0 Å². The molecule has 0 N–H and O–H groups in total. The number of fused-ring (bicyclic) bond motifs is 3. The number of hydrogen-bond acceptors (Lipinski definition) is 18. The summed E-state index contributed by atoms with van der Waals surface area (Å²) in [5.41, 5.74) is 13.6. The molecule has 3 aromatic heterocycles. The number of hydrazone groups is 3. The number of carbonyl (C=O) groups excluding carboxylic acids is 1. The Hall–Kier alpha value is -7.55. The molecule has 0 bridgehead atoms. The maximum atomic E-state index is 11.0. The fraction of sp³-hybridized carbons (Fsp3) is 0.328. The van der Waals surface area contributed by atoms with Crippen LogP contribution in [0.5, 0.6) is 0 Å². The van der Waals surface area contributed by atoms with Crippen molar-refractivity contribution < 1.29 is 28.5 Å². The van der Waals surface area contributed by atoms with Crippen LogP contribution in [0.15, 0.2) is 155 Å². The molecule has 3 heterocycles. The third-order valence-electron chi connectivity index (χ3n) is 13.1. The van der Waals surface area contributed by atoms with Crippen molar-refractivity contribution in [3.05, 3.63) is 190 Å². The number of aryl methyl sites for hydroxylation is 6. The molecule has 0 radical (unpaired) electrons. The number of nitrogens with zero attached hydrogens (tertiary/aromatic N) is 9. The highest BCUT2D eigenvalue weighted by Crippen LogP contribution is 2.32. The predicted octanol–water partition coefficient (Wildman–Crippen LogP) is 14.7. The Kier molecular flexibility index (Phi) is 26.3. The third kappa shape index (κ3) is 21.2. The van der Waals surface area contributed by atoms with E-state index in [1.165, 1.54) is 38.1 Å². The molecule has 0 amide bonds. The number of para-hydroxylation sites is 3. The standard InChI is InChI=1S/C25H29N3O4S.C21H25N3O2S.C21H25N3S/c1-4-24(29)32-16-15-31-14-13-30-12-11-28(25-27-22-7-5-6-8-23(22)33-25)26-18-21-17-19(2)9-10-20(21)3;1-16-8-9-17(2)18(14-16)15-22-24(10-11-26-13-12-25-3)21-23-19-6-4-5-7-20(19)27-21;1-15(2)11-12-24(21-23-19-7-5-6-8-20(19)25-21)22-14-18-13-16(3)9-10-17(18)4/h4-10,17-18H,1,11-16H2,2-3H3;4-9,14-15H,10-13H2,1-3H3;5-10,13-15H,11-12H2,1-4H3/b26-18+;22-15+;22-14+. The number of methoxy groups -OCH3 is 1. The van der Waals surface area contributed by atoms with Gasteiger partial charge in [-0.1, -0.05) is 162 Å². The minimum atomic E-state index is -0.453. The van der Waals surface area contributed by atoms with Crippen molar-refractivity contribution in [2.24, 2.45) is 21.2 Å². The number of benzene rings is 6. The largest absolute Gasteiger partial charge is 0.460 e. The van der Waals surface area contributed by atoms with Crippen LogP contribution < -0.4 is 15.0 Å². The van der Waals surface area contributed by atoms with Crippen LogP contribution in [-0.4, -0.2) is 119 Å². The molecular weight excluding hydrogens is 1120 g/mol. The van der Waals surface area contributed by atoms with Gasteiger partial charge in [-0.15, -0.1) is 0 Å². The van der Waals surface area contributed by atoms with Crippen molar-refractivity contribution in [3.63, 3.8) is 0 Å². The maximum Gasteiger partial charge on any atom is 0.330 e. The molecule has 0 saturated heterocycles. The zero-order valence-electron chi connectivity index (χ0n) is 50.4. The highest BCUT2D eigenvalue weighted by molar-refractivity contribution is 7.22. The summed E-state index contributed by atoms with van der Waals surface area (Å²) in [6.45, 7) is 26.0. The molecule has 0 spiro atoms. The van der Waals surface area contributed by atoms with E-state index in [1.807, 2.05) is 76.1 Å². The molecule has 85 heavy (non-hydrogen) atoms. The third-order valence-corrected chi connectivity index (χ3v) is 16.2. The van der Waals surface area contributed by atoms with Crippen LogP contribution in [0.4, 0.5) is 15.4 Å². The Labute approximate surface area is 512 Å². The van der Waals surface area contributed by atoms with Gasteiger partial charge in [0.15, 0.2) is 0 Å². The molecular formula is C67H79N9O6S3. The lowest BCUT2D eigenvalue weighted by molar-refractivity contribution is -0.139. The normalized spacial score (nSPS) is 11.5. The van der Waals surface area contributed by atoms with E-state index < -0.39 is 5.97 Å². The predicted molar refractivity (Wildman–Crippen MR) is 356 cm³/mol. The van der Waals surface area contributed by atoms with Crippen molar-refractivity contribution >= 4 is 105 Å². The SMILES string of the molecule is C=CC(=O)OCCOCCOCCN(/N=C/c1cc(C)ccc1C)c1nc2ccccc2s1.COCCOCCN(/N=C/c1cc(C)ccc1C)c1nc2ccccc2s1.Cc1ccc(C)c(/C=N/N(CCC(C)C)c2nc3ccccc3s2)c1. The maximum absolute atomic E-state index is 11.0. The molecule has 0 fully saturated rings. The van der Waals surface area contributed by atoms with E-state index in [-0.39, 0.29) is 6.61 Å². The van der Waals surface area contributed by atoms with E-state index in [2.05, 4.69) is 147 Å². The number of hydrogen-bond donors (Lipinski definition) is 0. The minimum absolute atomic E-state index is 0.198. The van der Waals surface area contributed by atoms with Crippen molar-refractivity contribution in [1.82, 2.24) is 15.0 Å². The Balaban J connectivity index is 0.000000185. The zero-order valence-corrected chi connectivity index (χ0v) is 52.9. The van der Waals surface area contributed by atoms with Gasteiger partial charge in [-0.05, 0) is 124 Å². The Bertz CT molecular complexity index is 3530. The monoisotopic (exact) mass is 1200 g/mol. The van der Waals surface area contributed by atoms with Crippen LogP contribution in [0.3, 0.4) is 0 Å². The molecule has 6 aromatic carbocycles. The fourth-order valence-corrected chi connectivity index (χ4v) is 11.0. The highest BCUT2D eigenvalue weighted by atomic mass is 32.1. The summed E-state index contributed by atoms with van der Waals surface area (Å²) in [4.78, 5) is 25.2. The van der Waals surface area contributed by atoms with Gasteiger partial charge in [-0.25, -0.2) is 34.8 Å². The van der Waals surface area contributed by atoms with E-state index in [9.17, 15) is 4.79 Å². The number of thiazole rings is 3. The van der Waals surface area contributed by atoms with Gasteiger partial charge in [-0.3, -0.25) is 0 Å². The van der Waals surface area contributed by atoms with Gasteiger partial charge in [0.25, 0.3) is 0 Å². The second-order valence-corrected chi connectivity index (χ2v) is 23.5. The van der Waals surface area contributed by atoms with Crippen molar-refractivity contribution in [2.45, 2.75) is 61.8 Å². The molecule has 0 atom stereocenters. The first-order valence-electron chi connectivity index (χ1n) is 28.5. The number of aromatic nitrogens is 3. The molecule has 18 heteroatoms. The molecule has 0 aliphatic rings. The molecule has 0 saturated carbocycles. The first kappa shape index (κ1) is 65.0. The summed E-state index contributed by atoms with van der Waals surface area (Å²) in [5.74, 6) is 0.180.